The monoisotopic (exact) mass is 343 g/mol. The van der Waals surface area contributed by atoms with E-state index in [4.69, 9.17) is 9.47 Å². The van der Waals surface area contributed by atoms with Crippen LogP contribution in [0.25, 0.3) is 0 Å². The summed E-state index contributed by atoms with van der Waals surface area (Å²) in [6.07, 6.45) is 1.06. The van der Waals surface area contributed by atoms with E-state index < -0.39 is 0 Å². The molecule has 134 valence electrons. The van der Waals surface area contributed by atoms with Crippen LogP contribution in [0.4, 0.5) is 5.69 Å². The van der Waals surface area contributed by atoms with E-state index in [-0.39, 0.29) is 0 Å². The van der Waals surface area contributed by atoms with Crippen LogP contribution in [-0.2, 0) is 0 Å². The number of methoxy groups -OCH3 is 1. The van der Waals surface area contributed by atoms with Gasteiger partial charge < -0.3 is 24.4 Å². The number of aromatic hydroxyl groups is 1. The minimum Gasteiger partial charge on any atom is -0.508 e. The number of benzene rings is 2. The van der Waals surface area contributed by atoms with Crippen LogP contribution in [0.15, 0.2) is 48.5 Å². The number of quaternary nitrogens is 1. The fourth-order valence-electron chi connectivity index (χ4n) is 3.18. The summed E-state index contributed by atoms with van der Waals surface area (Å²) >= 11 is 0. The van der Waals surface area contributed by atoms with Crippen molar-refractivity contribution in [1.82, 2.24) is 0 Å². The van der Waals surface area contributed by atoms with Crippen molar-refractivity contribution >= 4 is 5.69 Å². The molecule has 5 heteroatoms. The average molecular weight is 343 g/mol. The molecule has 1 fully saturated rings. The lowest BCUT2D eigenvalue weighted by atomic mass is 10.2. The highest BCUT2D eigenvalue weighted by Crippen LogP contribution is 2.18. The minimum atomic E-state index is 0.324. The van der Waals surface area contributed by atoms with Gasteiger partial charge in [-0.05, 0) is 48.5 Å². The molecule has 5 nitrogen and oxygen atoms in total. The fourth-order valence-corrected chi connectivity index (χ4v) is 3.18. The molecule has 2 aromatic carbocycles. The number of phenolic OH excluding ortho intramolecular Hbond substituents is 1. The lowest BCUT2D eigenvalue weighted by Gasteiger charge is -2.33. The van der Waals surface area contributed by atoms with Gasteiger partial charge in [-0.15, -0.1) is 0 Å². The van der Waals surface area contributed by atoms with Gasteiger partial charge in [0.2, 0.25) is 0 Å². The van der Waals surface area contributed by atoms with E-state index >= 15 is 0 Å². The Morgan fingerprint density at radius 2 is 1.60 bits per heavy atom. The highest BCUT2D eigenvalue weighted by molar-refractivity contribution is 5.48. The SMILES string of the molecule is COc1ccc(OCCC[NH+]2CCN(c3ccc(O)cc3)CC2)cc1. The molecule has 1 aliphatic rings. The lowest BCUT2D eigenvalue weighted by molar-refractivity contribution is -0.900. The Morgan fingerprint density at radius 1 is 0.960 bits per heavy atom. The van der Waals surface area contributed by atoms with Crippen molar-refractivity contribution < 1.29 is 19.5 Å². The Bertz CT molecular complexity index is 635. The Kier molecular flexibility index (Phi) is 6.01. The van der Waals surface area contributed by atoms with E-state index in [2.05, 4.69) is 4.90 Å². The maximum absolute atomic E-state index is 9.39. The molecule has 1 heterocycles. The second-order valence-corrected chi connectivity index (χ2v) is 6.38. The van der Waals surface area contributed by atoms with E-state index in [9.17, 15) is 5.11 Å². The molecule has 0 radical (unpaired) electrons. The Labute approximate surface area is 149 Å². The van der Waals surface area contributed by atoms with E-state index in [1.807, 2.05) is 36.4 Å². The topological polar surface area (TPSA) is 46.4 Å². The van der Waals surface area contributed by atoms with Gasteiger partial charge in [-0.25, -0.2) is 0 Å². The van der Waals surface area contributed by atoms with E-state index in [0.717, 1.165) is 57.3 Å². The predicted molar refractivity (Wildman–Crippen MR) is 99.0 cm³/mol. The molecule has 1 aliphatic heterocycles. The average Bonchev–Trinajstić information content (AvgIpc) is 2.67. The number of piperazine rings is 1. The third-order valence-electron chi connectivity index (χ3n) is 4.69. The first-order valence-electron chi connectivity index (χ1n) is 8.89. The summed E-state index contributed by atoms with van der Waals surface area (Å²) in [4.78, 5) is 4.02. The molecule has 2 aromatic rings. The smallest absolute Gasteiger partial charge is 0.119 e. The first-order valence-corrected chi connectivity index (χ1v) is 8.89. The largest absolute Gasteiger partial charge is 0.508 e. The Morgan fingerprint density at radius 3 is 2.24 bits per heavy atom. The molecular weight excluding hydrogens is 316 g/mol. The summed E-state index contributed by atoms with van der Waals surface area (Å²) in [7, 11) is 1.67. The van der Waals surface area contributed by atoms with Crippen molar-refractivity contribution in [1.29, 1.82) is 0 Å². The molecule has 0 atom stereocenters. The van der Waals surface area contributed by atoms with Gasteiger partial charge >= 0.3 is 0 Å². The summed E-state index contributed by atoms with van der Waals surface area (Å²) in [5.74, 6) is 2.07. The van der Waals surface area contributed by atoms with Gasteiger partial charge in [0.25, 0.3) is 0 Å². The number of nitrogens with zero attached hydrogens (tertiary/aromatic N) is 1. The summed E-state index contributed by atoms with van der Waals surface area (Å²) < 4.78 is 10.9. The first kappa shape index (κ1) is 17.4. The third-order valence-corrected chi connectivity index (χ3v) is 4.69. The van der Waals surface area contributed by atoms with Crippen molar-refractivity contribution in [3.8, 4) is 17.2 Å². The number of nitrogens with one attached hydrogen (secondary N) is 1. The summed E-state index contributed by atoms with van der Waals surface area (Å²) in [5.41, 5.74) is 1.19. The van der Waals surface area contributed by atoms with Crippen LogP contribution in [0.2, 0.25) is 0 Å². The quantitative estimate of drug-likeness (QED) is 0.750. The maximum atomic E-state index is 9.39. The van der Waals surface area contributed by atoms with Gasteiger partial charge in [0.15, 0.2) is 0 Å². The molecule has 0 amide bonds. The van der Waals surface area contributed by atoms with Crippen LogP contribution in [0, 0.1) is 0 Å². The number of hydrogen-bond donors (Lipinski definition) is 2. The normalized spacial score (nSPS) is 15.2. The van der Waals surface area contributed by atoms with Crippen LogP contribution in [0.3, 0.4) is 0 Å². The second-order valence-electron chi connectivity index (χ2n) is 6.38. The van der Waals surface area contributed by atoms with E-state index in [1.165, 1.54) is 5.69 Å². The van der Waals surface area contributed by atoms with Gasteiger partial charge in [-0.1, -0.05) is 0 Å². The summed E-state index contributed by atoms with van der Waals surface area (Å²) in [6, 6.07) is 15.2. The van der Waals surface area contributed by atoms with Crippen molar-refractivity contribution in [2.45, 2.75) is 6.42 Å². The number of hydrogen-bond acceptors (Lipinski definition) is 4. The first-order chi connectivity index (χ1) is 12.2. The van der Waals surface area contributed by atoms with Gasteiger partial charge in [0, 0.05) is 12.1 Å². The van der Waals surface area contributed by atoms with Crippen LogP contribution < -0.4 is 19.3 Å². The highest BCUT2D eigenvalue weighted by Gasteiger charge is 2.19. The van der Waals surface area contributed by atoms with Crippen LogP contribution in [-0.4, -0.2) is 51.5 Å². The van der Waals surface area contributed by atoms with Gasteiger partial charge in [-0.2, -0.15) is 0 Å². The molecule has 25 heavy (non-hydrogen) atoms. The predicted octanol–water partition coefficient (Wildman–Crippen LogP) is 1.57. The molecule has 1 saturated heterocycles. The van der Waals surface area contributed by atoms with Crippen molar-refractivity contribution in [3.05, 3.63) is 48.5 Å². The zero-order chi connectivity index (χ0) is 17.5. The van der Waals surface area contributed by atoms with Crippen LogP contribution in [0.1, 0.15) is 6.42 Å². The number of rotatable bonds is 7. The van der Waals surface area contributed by atoms with Gasteiger partial charge in [0.1, 0.15) is 17.2 Å². The molecule has 0 aliphatic carbocycles. The highest BCUT2D eigenvalue weighted by atomic mass is 16.5. The van der Waals surface area contributed by atoms with E-state index in [1.54, 1.807) is 24.1 Å². The Hall–Kier alpha value is -2.40. The van der Waals surface area contributed by atoms with Crippen LogP contribution >= 0.6 is 0 Å². The number of anilines is 1. The summed E-state index contributed by atoms with van der Waals surface area (Å²) in [5, 5.41) is 9.39. The molecule has 0 spiro atoms. The zero-order valence-corrected chi connectivity index (χ0v) is 14.8. The number of ether oxygens (including phenoxy) is 2. The lowest BCUT2D eigenvalue weighted by Crippen LogP contribution is -3.14. The molecule has 0 bridgehead atoms. The fraction of sp³-hybridized carbons (Fsp3) is 0.400. The molecular formula is C20H27N2O3+. The Balaban J connectivity index is 1.34. The molecule has 0 aromatic heterocycles. The molecule has 2 N–H and O–H groups in total. The molecule has 0 unspecified atom stereocenters. The van der Waals surface area contributed by atoms with Crippen molar-refractivity contribution in [2.24, 2.45) is 0 Å². The van der Waals surface area contributed by atoms with Crippen molar-refractivity contribution in [2.75, 3.05) is 51.3 Å². The molecule has 3 rings (SSSR count). The standard InChI is InChI=1S/C20H26N2O3/c1-24-19-7-9-20(10-8-19)25-16-2-11-21-12-14-22(15-13-21)17-3-5-18(23)6-4-17/h3-10,23H,2,11-16H2,1H3/p+1. The van der Waals surface area contributed by atoms with Crippen LogP contribution in [0.5, 0.6) is 17.2 Å². The van der Waals surface area contributed by atoms with Crippen molar-refractivity contribution in [3.63, 3.8) is 0 Å². The number of phenols is 1. The van der Waals surface area contributed by atoms with E-state index in [0.29, 0.717) is 5.75 Å². The van der Waals surface area contributed by atoms with Gasteiger partial charge in [0.05, 0.1) is 46.4 Å². The maximum Gasteiger partial charge on any atom is 0.119 e. The zero-order valence-electron chi connectivity index (χ0n) is 14.8. The third kappa shape index (κ3) is 5.03. The van der Waals surface area contributed by atoms with Gasteiger partial charge in [-0.3, -0.25) is 0 Å². The summed E-state index contributed by atoms with van der Waals surface area (Å²) in [6.45, 7) is 6.28. The second kappa shape index (κ2) is 8.62. The minimum absolute atomic E-state index is 0.324. The molecule has 0 saturated carbocycles.